The minimum absolute atomic E-state index is 0.0708. The maximum atomic E-state index is 15.1. The van der Waals surface area contributed by atoms with Gasteiger partial charge in [-0.05, 0) is 122 Å². The largest absolute Gasteiger partial charge is 0.394 e. The second kappa shape index (κ2) is 11.6. The lowest BCUT2D eigenvalue weighted by Gasteiger charge is -2.71. The molecule has 0 aliphatic heterocycles. The average Bonchev–Trinajstić information content (AvgIpc) is 3.66. The molecule has 4 N–H and O–H groups in total. The Hall–Kier alpha value is -1.87. The first-order valence-corrected chi connectivity index (χ1v) is 20.9. The molecule has 6 fully saturated rings. The summed E-state index contributed by atoms with van der Waals surface area (Å²) < 4.78 is 1.12. The van der Waals surface area contributed by atoms with Gasteiger partial charge in [0.15, 0.2) is 5.78 Å². The third-order valence-corrected chi connectivity index (χ3v) is 18.4. The molecular formula is C44H59NO5S. The van der Waals surface area contributed by atoms with Gasteiger partial charge in [0.1, 0.15) is 0 Å². The molecule has 1 heterocycles. The van der Waals surface area contributed by atoms with Crippen molar-refractivity contribution < 1.29 is 25.2 Å². The van der Waals surface area contributed by atoms with Crippen molar-refractivity contribution >= 4 is 27.2 Å². The molecule has 51 heavy (non-hydrogen) atoms. The number of Topliss-reactive ketones (excluding diaryl/α,β-unsaturated/α-hetero) is 1. The van der Waals surface area contributed by atoms with Crippen LogP contribution in [-0.2, 0) is 0 Å². The van der Waals surface area contributed by atoms with Crippen LogP contribution in [0, 0.1) is 56.7 Å². The number of hydrogen-bond donors (Lipinski definition) is 4. The van der Waals surface area contributed by atoms with E-state index < -0.39 is 22.5 Å². The lowest BCUT2D eigenvalue weighted by molar-refractivity contribution is -0.179. The smallest absolute Gasteiger partial charge is 0.199 e. The molecule has 4 bridgehead atoms. The van der Waals surface area contributed by atoms with Gasteiger partial charge in [-0.3, -0.25) is 9.69 Å². The van der Waals surface area contributed by atoms with Gasteiger partial charge in [0.2, 0.25) is 0 Å². The lowest BCUT2D eigenvalue weighted by atomic mass is 9.32. The standard InChI is InChI=1S/C44H59NO5S/c1-39(2)29-10-9-28(32(39)20-29)23-45(24-31(48)25-46)26-43(50)16-13-37-41(43,4)15-12-36-40(3)14-11-30(47)21-42(40)17-18-44(36,37)33(22-42)38(49)35-19-27-7-5-6-8-34(27)51-35/h5-8,17-19,22,28-32,36-37,46-48,50H,9-16,20-21,23-26H2,1-4H3. The van der Waals surface area contributed by atoms with Crippen LogP contribution in [0.2, 0.25) is 0 Å². The summed E-state index contributed by atoms with van der Waals surface area (Å²) in [5.41, 5.74) is -1.09. The second-order valence-electron chi connectivity index (χ2n) is 19.5. The van der Waals surface area contributed by atoms with Crippen molar-refractivity contribution in [2.24, 2.45) is 56.7 Å². The number of aliphatic hydroxyl groups is 4. The molecule has 6 saturated carbocycles. The van der Waals surface area contributed by atoms with Crippen molar-refractivity contribution in [2.45, 2.75) is 110 Å². The number of rotatable bonds is 9. The molecule has 0 saturated heterocycles. The summed E-state index contributed by atoms with van der Waals surface area (Å²) in [5.74, 6) is 2.47. The quantitative estimate of drug-likeness (QED) is 0.160. The Labute approximate surface area is 308 Å². The molecule has 12 atom stereocenters. The molecule has 7 heteroatoms. The fraction of sp³-hybridized carbons (Fsp3) is 0.705. The third-order valence-electron chi connectivity index (χ3n) is 17.3. The van der Waals surface area contributed by atoms with Gasteiger partial charge in [-0.15, -0.1) is 11.3 Å². The lowest BCUT2D eigenvalue weighted by Crippen LogP contribution is -2.67. The van der Waals surface area contributed by atoms with Crippen LogP contribution in [0.4, 0.5) is 0 Å². The highest BCUT2D eigenvalue weighted by Gasteiger charge is 2.74. The van der Waals surface area contributed by atoms with Crippen LogP contribution in [0.15, 0.2) is 54.1 Å². The number of benzene rings is 1. The van der Waals surface area contributed by atoms with Crippen LogP contribution in [0.5, 0.6) is 0 Å². The first kappa shape index (κ1) is 34.9. The van der Waals surface area contributed by atoms with E-state index in [-0.39, 0.29) is 41.2 Å². The van der Waals surface area contributed by atoms with Gasteiger partial charge >= 0.3 is 0 Å². The number of fused-ring (bicyclic) bond motifs is 4. The van der Waals surface area contributed by atoms with Crippen molar-refractivity contribution in [1.82, 2.24) is 4.90 Å². The summed E-state index contributed by atoms with van der Waals surface area (Å²) in [6.45, 7) is 11.0. The van der Waals surface area contributed by atoms with Gasteiger partial charge in [0.25, 0.3) is 0 Å². The fourth-order valence-corrected chi connectivity index (χ4v) is 15.3. The molecule has 6 nitrogen and oxygen atoms in total. The molecular weight excluding hydrogens is 655 g/mol. The monoisotopic (exact) mass is 713 g/mol. The maximum absolute atomic E-state index is 15.1. The maximum Gasteiger partial charge on any atom is 0.199 e. The molecule has 276 valence electrons. The van der Waals surface area contributed by atoms with Crippen molar-refractivity contribution in [2.75, 3.05) is 26.2 Å². The van der Waals surface area contributed by atoms with Gasteiger partial charge in [0.05, 0.1) is 29.3 Å². The number of nitrogens with zero attached hydrogens (tertiary/aromatic N) is 1. The molecule has 1 aromatic heterocycles. The number of carbonyl (C=O) groups excluding carboxylic acids is 1. The van der Waals surface area contributed by atoms with Crippen molar-refractivity contribution in [3.63, 3.8) is 0 Å². The van der Waals surface area contributed by atoms with Crippen LogP contribution < -0.4 is 0 Å². The Morgan fingerprint density at radius 2 is 1.73 bits per heavy atom. The van der Waals surface area contributed by atoms with E-state index in [1.165, 1.54) is 19.3 Å². The third kappa shape index (κ3) is 4.67. The molecule has 9 aliphatic rings. The summed E-state index contributed by atoms with van der Waals surface area (Å²) in [7, 11) is 0. The summed E-state index contributed by atoms with van der Waals surface area (Å²) in [5, 5.41) is 46.1. The Morgan fingerprint density at radius 1 is 0.980 bits per heavy atom. The minimum Gasteiger partial charge on any atom is -0.394 e. The zero-order valence-corrected chi connectivity index (χ0v) is 31.9. The van der Waals surface area contributed by atoms with Gasteiger partial charge in [-0.1, -0.05) is 64.1 Å². The minimum atomic E-state index is -0.992. The Morgan fingerprint density at radius 3 is 2.47 bits per heavy atom. The molecule has 11 rings (SSSR count). The molecule has 12 unspecified atom stereocenters. The van der Waals surface area contributed by atoms with Gasteiger partial charge < -0.3 is 20.4 Å². The predicted octanol–water partition coefficient (Wildman–Crippen LogP) is 7.40. The van der Waals surface area contributed by atoms with Crippen LogP contribution >= 0.6 is 11.3 Å². The van der Waals surface area contributed by atoms with Crippen molar-refractivity contribution in [3.05, 3.63) is 59.0 Å². The predicted molar refractivity (Wildman–Crippen MR) is 202 cm³/mol. The number of aliphatic hydroxyl groups excluding tert-OH is 3. The summed E-state index contributed by atoms with van der Waals surface area (Å²) in [6, 6.07) is 10.3. The molecule has 0 radical (unpaired) electrons. The average molecular weight is 714 g/mol. The summed E-state index contributed by atoms with van der Waals surface area (Å²) >= 11 is 1.59. The van der Waals surface area contributed by atoms with E-state index in [1.54, 1.807) is 11.3 Å². The van der Waals surface area contributed by atoms with Gasteiger partial charge in [-0.25, -0.2) is 0 Å². The number of allylic oxidation sites excluding steroid dienone is 4. The van der Waals surface area contributed by atoms with Crippen LogP contribution in [0.25, 0.3) is 10.1 Å². The number of thiophene rings is 1. The highest BCUT2D eigenvalue weighted by molar-refractivity contribution is 7.21. The first-order valence-electron chi connectivity index (χ1n) is 20.1. The normalized spacial score (nSPS) is 45.2. The van der Waals surface area contributed by atoms with Gasteiger partial charge in [-0.2, -0.15) is 0 Å². The molecule has 2 aromatic rings. The molecule has 9 aliphatic carbocycles. The second-order valence-corrected chi connectivity index (χ2v) is 20.6. The Bertz CT molecular complexity index is 1760. The highest BCUT2D eigenvalue weighted by atomic mass is 32.1. The summed E-state index contributed by atoms with van der Waals surface area (Å²) in [6.07, 6.45) is 15.3. The van der Waals surface area contributed by atoms with E-state index in [9.17, 15) is 20.4 Å². The SMILES string of the molecule is CC1(C)C2CCC(CN(CC(O)CO)CC3(O)CCC4C56C=CC7(C=C5C(=O)c5cc8ccccc8s5)CC(O)CCC7(C)C6CCC43C)C1C2. The zero-order chi connectivity index (χ0) is 35.8. The van der Waals surface area contributed by atoms with Gasteiger partial charge in [0, 0.05) is 46.2 Å². The Balaban J connectivity index is 1.10. The molecule has 1 aromatic carbocycles. The highest BCUT2D eigenvalue weighted by Crippen LogP contribution is 2.78. The van der Waals surface area contributed by atoms with E-state index in [0.29, 0.717) is 43.2 Å². The molecule has 0 amide bonds. The van der Waals surface area contributed by atoms with Crippen LogP contribution in [-0.4, -0.2) is 75.2 Å². The van der Waals surface area contributed by atoms with E-state index in [2.05, 4.69) is 69.0 Å². The summed E-state index contributed by atoms with van der Waals surface area (Å²) in [4.78, 5) is 18.2. The van der Waals surface area contributed by atoms with E-state index in [1.807, 2.05) is 12.1 Å². The van der Waals surface area contributed by atoms with Crippen molar-refractivity contribution in [3.8, 4) is 0 Å². The van der Waals surface area contributed by atoms with E-state index in [0.717, 1.165) is 65.1 Å². The van der Waals surface area contributed by atoms with E-state index in [4.69, 9.17) is 0 Å². The van der Waals surface area contributed by atoms with E-state index >= 15 is 4.79 Å². The number of ketones is 1. The zero-order valence-electron chi connectivity index (χ0n) is 31.1. The Kier molecular flexibility index (Phi) is 7.91. The van der Waals surface area contributed by atoms with Crippen LogP contribution in [0.3, 0.4) is 0 Å². The van der Waals surface area contributed by atoms with Crippen LogP contribution in [0.1, 0.15) is 102 Å². The topological polar surface area (TPSA) is 101 Å². The van der Waals surface area contributed by atoms with Crippen molar-refractivity contribution in [1.29, 1.82) is 0 Å². The number of carbonyl (C=O) groups is 1. The molecule has 2 spiro atoms. The number of hydrogen-bond acceptors (Lipinski definition) is 7. The fourth-order valence-electron chi connectivity index (χ4n) is 14.3. The first-order chi connectivity index (χ1) is 24.2.